The Morgan fingerprint density at radius 3 is 2.53 bits per heavy atom. The van der Waals surface area contributed by atoms with Gasteiger partial charge in [0.1, 0.15) is 0 Å². The van der Waals surface area contributed by atoms with E-state index in [9.17, 15) is 0 Å². The van der Waals surface area contributed by atoms with Gasteiger partial charge in [-0.3, -0.25) is 0 Å². The minimum absolute atomic E-state index is 0.501. The average molecular weight is 259 g/mol. The zero-order valence-corrected chi connectivity index (χ0v) is 12.0. The van der Waals surface area contributed by atoms with Crippen LogP contribution in [0.15, 0.2) is 22.7 Å². The van der Waals surface area contributed by atoms with Crippen LogP contribution in [0.3, 0.4) is 0 Å². The van der Waals surface area contributed by atoms with E-state index >= 15 is 0 Å². The summed E-state index contributed by atoms with van der Waals surface area (Å²) in [5.74, 6) is 1.14. The van der Waals surface area contributed by atoms with Gasteiger partial charge in [-0.25, -0.2) is 0 Å². The molecule has 1 aromatic heterocycles. The normalized spacial score (nSPS) is 11.8. The lowest BCUT2D eigenvalue weighted by Gasteiger charge is -2.21. The van der Waals surface area contributed by atoms with E-state index in [1.807, 2.05) is 26.0 Å². The Kier molecular flexibility index (Phi) is 3.71. The first-order chi connectivity index (χ1) is 9.01. The molecule has 0 atom stereocenters. The summed E-state index contributed by atoms with van der Waals surface area (Å²) in [6.07, 6.45) is 1.57. The van der Waals surface area contributed by atoms with Gasteiger partial charge in [0.2, 0.25) is 0 Å². The highest BCUT2D eigenvalue weighted by atomic mass is 16.5. The van der Waals surface area contributed by atoms with Crippen LogP contribution in [-0.4, -0.2) is 10.1 Å². The van der Waals surface area contributed by atoms with Crippen LogP contribution in [0.5, 0.6) is 0 Å². The van der Waals surface area contributed by atoms with Crippen LogP contribution in [0.1, 0.15) is 43.6 Å². The first-order valence-corrected chi connectivity index (χ1v) is 6.71. The number of hydrogen-bond acceptors (Lipinski definition) is 4. The molecule has 0 spiro atoms. The highest BCUT2D eigenvalue weighted by Gasteiger charge is 2.29. The molecule has 2 aromatic rings. The van der Waals surface area contributed by atoms with E-state index in [-0.39, 0.29) is 0 Å². The summed E-state index contributed by atoms with van der Waals surface area (Å²) in [4.78, 5) is 4.49. The standard InChI is InChI=1S/C15H21N3O/c1-5-15(16,6-2)14-17-13(19-18-14)12-9-7-8-10(3)11(12)4/h7-9H,5-6,16H2,1-4H3. The van der Waals surface area contributed by atoms with Crippen molar-refractivity contribution in [3.05, 3.63) is 35.2 Å². The molecule has 0 saturated carbocycles. The molecule has 0 aliphatic heterocycles. The third kappa shape index (κ3) is 2.40. The predicted molar refractivity (Wildman–Crippen MR) is 75.7 cm³/mol. The molecule has 19 heavy (non-hydrogen) atoms. The molecule has 1 heterocycles. The fourth-order valence-electron chi connectivity index (χ4n) is 2.08. The van der Waals surface area contributed by atoms with Gasteiger partial charge in [0.05, 0.1) is 5.54 Å². The lowest BCUT2D eigenvalue weighted by atomic mass is 9.93. The van der Waals surface area contributed by atoms with Crippen molar-refractivity contribution in [1.29, 1.82) is 0 Å². The van der Waals surface area contributed by atoms with Crippen molar-refractivity contribution in [2.45, 2.75) is 46.1 Å². The molecule has 0 radical (unpaired) electrons. The fourth-order valence-corrected chi connectivity index (χ4v) is 2.08. The first kappa shape index (κ1) is 13.7. The van der Waals surface area contributed by atoms with Gasteiger partial charge in [-0.1, -0.05) is 31.1 Å². The van der Waals surface area contributed by atoms with Gasteiger partial charge in [0.25, 0.3) is 5.89 Å². The molecule has 2 rings (SSSR count). The number of aryl methyl sites for hydroxylation is 1. The van der Waals surface area contributed by atoms with Crippen molar-refractivity contribution in [3.8, 4) is 11.5 Å². The molecule has 1 aromatic carbocycles. The van der Waals surface area contributed by atoms with Crippen molar-refractivity contribution < 1.29 is 4.52 Å². The molecule has 4 nitrogen and oxygen atoms in total. The summed E-state index contributed by atoms with van der Waals surface area (Å²) in [6, 6.07) is 6.06. The van der Waals surface area contributed by atoms with E-state index in [0.717, 1.165) is 24.0 Å². The fraction of sp³-hybridized carbons (Fsp3) is 0.467. The van der Waals surface area contributed by atoms with Crippen LogP contribution in [-0.2, 0) is 5.54 Å². The summed E-state index contributed by atoms with van der Waals surface area (Å²) < 4.78 is 5.40. The maximum Gasteiger partial charge on any atom is 0.258 e. The maximum atomic E-state index is 6.29. The third-order valence-electron chi connectivity index (χ3n) is 3.97. The van der Waals surface area contributed by atoms with Crippen LogP contribution in [0, 0.1) is 13.8 Å². The molecule has 0 fully saturated rings. The quantitative estimate of drug-likeness (QED) is 0.914. The van der Waals surface area contributed by atoms with Gasteiger partial charge in [0.15, 0.2) is 5.82 Å². The van der Waals surface area contributed by atoms with Crippen molar-refractivity contribution >= 4 is 0 Å². The van der Waals surface area contributed by atoms with E-state index in [1.54, 1.807) is 0 Å². The molecule has 0 aliphatic carbocycles. The summed E-state index contributed by atoms with van der Waals surface area (Å²) in [5.41, 5.74) is 9.14. The molecule has 4 heteroatoms. The number of nitrogens with two attached hydrogens (primary N) is 1. The van der Waals surface area contributed by atoms with Crippen LogP contribution in [0.4, 0.5) is 0 Å². The van der Waals surface area contributed by atoms with Crippen LogP contribution >= 0.6 is 0 Å². The van der Waals surface area contributed by atoms with Crippen LogP contribution < -0.4 is 5.73 Å². The number of benzene rings is 1. The zero-order chi connectivity index (χ0) is 14.0. The first-order valence-electron chi connectivity index (χ1n) is 6.71. The molecule has 2 N–H and O–H groups in total. The Labute approximate surface area is 114 Å². The minimum atomic E-state index is -0.501. The maximum absolute atomic E-state index is 6.29. The molecular formula is C15H21N3O. The molecule has 0 aliphatic rings. The Morgan fingerprint density at radius 2 is 1.89 bits per heavy atom. The van der Waals surface area contributed by atoms with Gasteiger partial charge < -0.3 is 10.3 Å². The van der Waals surface area contributed by atoms with Gasteiger partial charge in [-0.2, -0.15) is 4.98 Å². The van der Waals surface area contributed by atoms with E-state index in [2.05, 4.69) is 30.1 Å². The van der Waals surface area contributed by atoms with Gasteiger partial charge in [-0.05, 0) is 43.9 Å². The Bertz CT molecular complexity index is 571. The van der Waals surface area contributed by atoms with Crippen molar-refractivity contribution in [1.82, 2.24) is 10.1 Å². The second-order valence-electron chi connectivity index (χ2n) is 5.03. The van der Waals surface area contributed by atoms with Crippen molar-refractivity contribution in [2.24, 2.45) is 5.73 Å². The Morgan fingerprint density at radius 1 is 1.21 bits per heavy atom. The van der Waals surface area contributed by atoms with Crippen LogP contribution in [0.2, 0.25) is 0 Å². The predicted octanol–water partition coefficient (Wildman–Crippen LogP) is 3.33. The van der Waals surface area contributed by atoms with E-state index < -0.39 is 5.54 Å². The largest absolute Gasteiger partial charge is 0.334 e. The van der Waals surface area contributed by atoms with Crippen molar-refractivity contribution in [2.75, 3.05) is 0 Å². The molecule has 0 bridgehead atoms. The smallest absolute Gasteiger partial charge is 0.258 e. The second-order valence-corrected chi connectivity index (χ2v) is 5.03. The van der Waals surface area contributed by atoms with Crippen molar-refractivity contribution in [3.63, 3.8) is 0 Å². The zero-order valence-electron chi connectivity index (χ0n) is 12.0. The molecular weight excluding hydrogens is 238 g/mol. The second kappa shape index (κ2) is 5.13. The Balaban J connectivity index is 2.44. The van der Waals surface area contributed by atoms with Crippen LogP contribution in [0.25, 0.3) is 11.5 Å². The highest BCUT2D eigenvalue weighted by Crippen LogP contribution is 2.28. The van der Waals surface area contributed by atoms with E-state index in [0.29, 0.717) is 11.7 Å². The summed E-state index contributed by atoms with van der Waals surface area (Å²) >= 11 is 0. The van der Waals surface area contributed by atoms with E-state index in [1.165, 1.54) is 5.56 Å². The number of nitrogens with zero attached hydrogens (tertiary/aromatic N) is 2. The Hall–Kier alpha value is -1.68. The summed E-state index contributed by atoms with van der Waals surface area (Å²) in [6.45, 7) is 8.21. The number of rotatable bonds is 4. The molecule has 102 valence electrons. The summed E-state index contributed by atoms with van der Waals surface area (Å²) in [7, 11) is 0. The molecule has 0 amide bonds. The molecule has 0 saturated heterocycles. The van der Waals surface area contributed by atoms with Gasteiger partial charge in [0, 0.05) is 5.56 Å². The number of hydrogen-bond donors (Lipinski definition) is 1. The average Bonchev–Trinajstić information content (AvgIpc) is 2.91. The number of aromatic nitrogens is 2. The lowest BCUT2D eigenvalue weighted by molar-refractivity contribution is 0.350. The highest BCUT2D eigenvalue weighted by molar-refractivity contribution is 5.60. The van der Waals surface area contributed by atoms with Gasteiger partial charge in [-0.15, -0.1) is 0 Å². The molecule has 0 unspecified atom stereocenters. The summed E-state index contributed by atoms with van der Waals surface area (Å²) in [5, 5.41) is 4.07. The topological polar surface area (TPSA) is 64.9 Å². The SMILES string of the molecule is CCC(N)(CC)c1noc(-c2cccc(C)c2C)n1. The monoisotopic (exact) mass is 259 g/mol. The van der Waals surface area contributed by atoms with E-state index in [4.69, 9.17) is 10.3 Å². The minimum Gasteiger partial charge on any atom is -0.334 e. The lowest BCUT2D eigenvalue weighted by Crippen LogP contribution is -2.36. The third-order valence-corrected chi connectivity index (χ3v) is 3.97. The van der Waals surface area contributed by atoms with Gasteiger partial charge >= 0.3 is 0 Å².